The Hall–Kier alpha value is -2.05. The average molecular weight is 367 g/mol. The number of anilines is 2. The van der Waals surface area contributed by atoms with Gasteiger partial charge in [0, 0.05) is 18.1 Å². The van der Waals surface area contributed by atoms with Gasteiger partial charge in [0.25, 0.3) is 5.91 Å². The van der Waals surface area contributed by atoms with Crippen LogP contribution in [-0.2, 0) is 0 Å². The smallest absolute Gasteiger partial charge is 0.276 e. The third-order valence-corrected chi connectivity index (χ3v) is 4.26. The molecule has 0 unspecified atom stereocenters. The van der Waals surface area contributed by atoms with Crippen LogP contribution in [0.15, 0.2) is 24.4 Å². The predicted octanol–water partition coefficient (Wildman–Crippen LogP) is 3.64. The zero-order valence-corrected chi connectivity index (χ0v) is 14.6. The molecule has 0 spiro atoms. The maximum Gasteiger partial charge on any atom is 0.276 e. The van der Waals surface area contributed by atoms with Crippen molar-refractivity contribution in [1.29, 1.82) is 0 Å². The SMILES string of the molecule is COc1ccc(Cl)cc1NC(=O)c1nc(N2CCCC2)ncc1Cl. The number of hydrogen-bond donors (Lipinski definition) is 1. The highest BCUT2D eigenvalue weighted by molar-refractivity contribution is 6.34. The molecule has 0 atom stereocenters. The fourth-order valence-corrected chi connectivity index (χ4v) is 2.89. The number of carbonyl (C=O) groups excluding carboxylic acids is 1. The van der Waals surface area contributed by atoms with Gasteiger partial charge in [-0.25, -0.2) is 9.97 Å². The summed E-state index contributed by atoms with van der Waals surface area (Å²) in [5.74, 6) is 0.571. The summed E-state index contributed by atoms with van der Waals surface area (Å²) in [5, 5.41) is 3.41. The van der Waals surface area contributed by atoms with Crippen molar-refractivity contribution in [3.63, 3.8) is 0 Å². The zero-order chi connectivity index (χ0) is 17.1. The number of nitrogens with zero attached hydrogens (tertiary/aromatic N) is 3. The number of nitrogens with one attached hydrogen (secondary N) is 1. The van der Waals surface area contributed by atoms with Gasteiger partial charge >= 0.3 is 0 Å². The Labute approximate surface area is 149 Å². The first-order valence-electron chi connectivity index (χ1n) is 7.51. The van der Waals surface area contributed by atoms with E-state index in [-0.39, 0.29) is 10.7 Å². The number of halogens is 2. The Bertz CT molecular complexity index is 764. The monoisotopic (exact) mass is 366 g/mol. The number of amides is 1. The second-order valence-electron chi connectivity index (χ2n) is 5.36. The van der Waals surface area contributed by atoms with Crippen LogP contribution in [0, 0.1) is 0 Å². The minimum Gasteiger partial charge on any atom is -0.495 e. The molecule has 8 heteroatoms. The molecule has 2 aromatic rings. The minimum atomic E-state index is -0.441. The molecular weight excluding hydrogens is 351 g/mol. The molecule has 0 bridgehead atoms. The summed E-state index contributed by atoms with van der Waals surface area (Å²) >= 11 is 12.1. The van der Waals surface area contributed by atoms with E-state index < -0.39 is 5.91 Å². The van der Waals surface area contributed by atoms with Gasteiger partial charge in [0.05, 0.1) is 24.0 Å². The van der Waals surface area contributed by atoms with Gasteiger partial charge in [0.1, 0.15) is 5.75 Å². The number of benzene rings is 1. The quantitative estimate of drug-likeness (QED) is 0.894. The molecule has 24 heavy (non-hydrogen) atoms. The van der Waals surface area contributed by atoms with E-state index in [1.165, 1.54) is 13.3 Å². The van der Waals surface area contributed by atoms with Crippen LogP contribution in [0.4, 0.5) is 11.6 Å². The Morgan fingerprint density at radius 2 is 2.04 bits per heavy atom. The molecule has 1 aromatic heterocycles. The molecule has 1 aliphatic heterocycles. The maximum absolute atomic E-state index is 12.6. The van der Waals surface area contributed by atoms with Crippen LogP contribution in [0.2, 0.25) is 10.0 Å². The highest BCUT2D eigenvalue weighted by Gasteiger charge is 2.20. The molecular formula is C16H16Cl2N4O2. The zero-order valence-electron chi connectivity index (χ0n) is 13.1. The van der Waals surface area contributed by atoms with Crippen LogP contribution in [-0.4, -0.2) is 36.1 Å². The van der Waals surface area contributed by atoms with Crippen molar-refractivity contribution in [2.75, 3.05) is 30.4 Å². The fraction of sp³-hybridized carbons (Fsp3) is 0.312. The summed E-state index contributed by atoms with van der Waals surface area (Å²) < 4.78 is 5.23. The van der Waals surface area contributed by atoms with Crippen LogP contribution in [0.25, 0.3) is 0 Å². The van der Waals surface area contributed by atoms with E-state index >= 15 is 0 Å². The lowest BCUT2D eigenvalue weighted by molar-refractivity contribution is 0.102. The van der Waals surface area contributed by atoms with Crippen molar-refractivity contribution in [2.45, 2.75) is 12.8 Å². The van der Waals surface area contributed by atoms with Crippen molar-refractivity contribution in [2.24, 2.45) is 0 Å². The Balaban J connectivity index is 1.87. The van der Waals surface area contributed by atoms with Crippen molar-refractivity contribution in [3.8, 4) is 5.75 Å². The first kappa shape index (κ1) is 16.8. The highest BCUT2D eigenvalue weighted by Crippen LogP contribution is 2.29. The third kappa shape index (κ3) is 3.55. The first-order chi connectivity index (χ1) is 11.6. The molecule has 1 saturated heterocycles. The molecule has 0 saturated carbocycles. The maximum atomic E-state index is 12.6. The second-order valence-corrected chi connectivity index (χ2v) is 6.20. The average Bonchev–Trinajstić information content (AvgIpc) is 3.10. The Kier molecular flexibility index (Phi) is 5.06. The number of methoxy groups -OCH3 is 1. The van der Waals surface area contributed by atoms with Gasteiger partial charge < -0.3 is 15.0 Å². The highest BCUT2D eigenvalue weighted by atomic mass is 35.5. The fourth-order valence-electron chi connectivity index (χ4n) is 2.55. The van der Waals surface area contributed by atoms with Crippen LogP contribution in [0.1, 0.15) is 23.3 Å². The van der Waals surface area contributed by atoms with E-state index in [2.05, 4.69) is 15.3 Å². The van der Waals surface area contributed by atoms with Crippen LogP contribution >= 0.6 is 23.2 Å². The number of rotatable bonds is 4. The lowest BCUT2D eigenvalue weighted by Gasteiger charge is -2.16. The Morgan fingerprint density at radius 1 is 1.29 bits per heavy atom. The lowest BCUT2D eigenvalue weighted by Crippen LogP contribution is -2.23. The van der Waals surface area contributed by atoms with E-state index in [4.69, 9.17) is 27.9 Å². The van der Waals surface area contributed by atoms with Gasteiger partial charge in [-0.2, -0.15) is 0 Å². The Morgan fingerprint density at radius 3 is 2.75 bits per heavy atom. The van der Waals surface area contributed by atoms with Crippen LogP contribution in [0.5, 0.6) is 5.75 Å². The number of ether oxygens (including phenoxy) is 1. The largest absolute Gasteiger partial charge is 0.495 e. The van der Waals surface area contributed by atoms with E-state index in [1.807, 2.05) is 4.90 Å². The molecule has 0 aliphatic carbocycles. The summed E-state index contributed by atoms with van der Waals surface area (Å²) in [6.07, 6.45) is 3.63. The van der Waals surface area contributed by atoms with E-state index in [0.29, 0.717) is 22.4 Å². The molecule has 1 aromatic carbocycles. The standard InChI is InChI=1S/C16H16Cl2N4O2/c1-24-13-5-4-10(17)8-12(13)20-15(23)14-11(18)9-19-16(21-14)22-6-2-3-7-22/h4-5,8-9H,2-3,6-7H2,1H3,(H,20,23). The van der Waals surface area contributed by atoms with Gasteiger partial charge in [-0.1, -0.05) is 23.2 Å². The van der Waals surface area contributed by atoms with Crippen molar-refractivity contribution < 1.29 is 9.53 Å². The van der Waals surface area contributed by atoms with E-state index in [9.17, 15) is 4.79 Å². The summed E-state index contributed by atoms with van der Waals surface area (Å²) in [4.78, 5) is 23.2. The molecule has 2 heterocycles. The van der Waals surface area contributed by atoms with Crippen LogP contribution in [0.3, 0.4) is 0 Å². The molecule has 1 fully saturated rings. The van der Waals surface area contributed by atoms with E-state index in [0.717, 1.165) is 25.9 Å². The van der Waals surface area contributed by atoms with Gasteiger partial charge in [-0.05, 0) is 31.0 Å². The minimum absolute atomic E-state index is 0.121. The molecule has 0 radical (unpaired) electrons. The van der Waals surface area contributed by atoms with Crippen LogP contribution < -0.4 is 15.0 Å². The molecule has 1 amide bonds. The van der Waals surface area contributed by atoms with Gasteiger partial charge in [0.15, 0.2) is 5.69 Å². The number of aromatic nitrogens is 2. The summed E-state index contributed by atoms with van der Waals surface area (Å²) in [5.41, 5.74) is 0.572. The topological polar surface area (TPSA) is 67.3 Å². The van der Waals surface area contributed by atoms with Gasteiger partial charge in [-0.15, -0.1) is 0 Å². The molecule has 3 rings (SSSR count). The predicted molar refractivity (Wildman–Crippen MR) is 94.4 cm³/mol. The van der Waals surface area contributed by atoms with Gasteiger partial charge in [-0.3, -0.25) is 4.79 Å². The van der Waals surface area contributed by atoms with Crippen molar-refractivity contribution >= 4 is 40.7 Å². The van der Waals surface area contributed by atoms with Crippen molar-refractivity contribution in [3.05, 3.63) is 40.1 Å². The summed E-state index contributed by atoms with van der Waals surface area (Å²) in [6.45, 7) is 1.76. The first-order valence-corrected chi connectivity index (χ1v) is 8.26. The number of carbonyl (C=O) groups is 1. The summed E-state index contributed by atoms with van der Waals surface area (Å²) in [6, 6.07) is 4.96. The molecule has 6 nitrogen and oxygen atoms in total. The summed E-state index contributed by atoms with van der Waals surface area (Å²) in [7, 11) is 1.52. The normalized spacial score (nSPS) is 13.9. The third-order valence-electron chi connectivity index (χ3n) is 3.75. The number of hydrogen-bond acceptors (Lipinski definition) is 5. The van der Waals surface area contributed by atoms with E-state index in [1.54, 1.807) is 18.2 Å². The van der Waals surface area contributed by atoms with Crippen molar-refractivity contribution in [1.82, 2.24) is 9.97 Å². The molecule has 1 N–H and O–H groups in total. The lowest BCUT2D eigenvalue weighted by atomic mass is 10.2. The second kappa shape index (κ2) is 7.23. The van der Waals surface area contributed by atoms with Gasteiger partial charge in [0.2, 0.25) is 5.95 Å². The molecule has 126 valence electrons. The molecule has 1 aliphatic rings.